The normalized spacial score (nSPS) is 10.2. The third-order valence-electron chi connectivity index (χ3n) is 3.13. The first-order valence-corrected chi connectivity index (χ1v) is 7.49. The molecule has 0 aromatic heterocycles. The Labute approximate surface area is 144 Å². The van der Waals surface area contributed by atoms with Crippen LogP contribution in [-0.4, -0.2) is 13.5 Å². The lowest BCUT2D eigenvalue weighted by atomic mass is 10.1. The minimum Gasteiger partial charge on any atom is -0.406 e. The van der Waals surface area contributed by atoms with E-state index in [0.717, 1.165) is 5.56 Å². The van der Waals surface area contributed by atoms with Gasteiger partial charge in [0, 0.05) is 0 Å². The Bertz CT molecular complexity index is 782. The quantitative estimate of drug-likeness (QED) is 0.447. The summed E-state index contributed by atoms with van der Waals surface area (Å²) in [4.78, 5) is 0. The Balaban J connectivity index is 0.000000228. The maximum atomic E-state index is 11.7. The number of ether oxygens (including phenoxy) is 1. The summed E-state index contributed by atoms with van der Waals surface area (Å²) in [6.07, 6.45) is -4.60. The zero-order chi connectivity index (χ0) is 18.9. The number of halogens is 4. The van der Waals surface area contributed by atoms with E-state index >= 15 is 0 Å². The van der Waals surface area contributed by atoms with Crippen LogP contribution in [-0.2, 0) is 0 Å². The fourth-order valence-corrected chi connectivity index (χ4v) is 2.12. The monoisotopic (exact) mass is 352 g/mol. The molecule has 0 bridgehead atoms. The molecule has 25 heavy (non-hydrogen) atoms. The van der Waals surface area contributed by atoms with Gasteiger partial charge in [0.05, 0.1) is 7.18 Å². The molecule has 0 aliphatic heterocycles. The molecule has 0 fully saturated rings. The third-order valence-corrected chi connectivity index (χ3v) is 3.13. The van der Waals surface area contributed by atoms with Crippen LogP contribution in [0.3, 0.4) is 0 Å². The first kappa shape index (κ1) is 20.5. The molecule has 0 atom stereocenters. The van der Waals surface area contributed by atoms with Crippen LogP contribution in [0, 0.1) is 13.8 Å². The van der Waals surface area contributed by atoms with Crippen molar-refractivity contribution in [1.82, 2.24) is 0 Å². The Morgan fingerprint density at radius 3 is 1.88 bits per heavy atom. The summed E-state index contributed by atoms with van der Waals surface area (Å²) in [7, 11) is 0.500. The maximum Gasteiger partial charge on any atom is 0.573 e. The highest BCUT2D eigenvalue weighted by Gasteiger charge is 2.30. The van der Waals surface area contributed by atoms with Crippen LogP contribution in [0.5, 0.6) is 5.75 Å². The predicted octanol–water partition coefficient (Wildman–Crippen LogP) is 6.63. The average Bonchev–Trinajstić information content (AvgIpc) is 2.55. The van der Waals surface area contributed by atoms with E-state index in [-0.39, 0.29) is 5.75 Å². The highest BCUT2D eigenvalue weighted by Crippen LogP contribution is 2.22. The van der Waals surface area contributed by atoms with Crippen LogP contribution in [0.4, 0.5) is 17.6 Å². The Hall–Kier alpha value is -2.56. The molecule has 5 heteroatoms. The largest absolute Gasteiger partial charge is 0.573 e. The summed E-state index contributed by atoms with van der Waals surface area (Å²) in [5, 5.41) is 2.64. The average molecular weight is 352 g/mol. The van der Waals surface area contributed by atoms with Crippen LogP contribution in [0.1, 0.15) is 11.1 Å². The number of hydrogen-bond donors (Lipinski definition) is 0. The lowest BCUT2D eigenvalue weighted by molar-refractivity contribution is -0.274. The van der Waals surface area contributed by atoms with Gasteiger partial charge in [-0.15, -0.1) is 13.2 Å². The van der Waals surface area contributed by atoms with Crippen molar-refractivity contribution < 1.29 is 22.3 Å². The first-order chi connectivity index (χ1) is 11.8. The molecular weight excluding hydrogens is 332 g/mol. The smallest absolute Gasteiger partial charge is 0.406 e. The molecule has 1 nitrogen and oxygen atoms in total. The van der Waals surface area contributed by atoms with Gasteiger partial charge in [-0.1, -0.05) is 60.2 Å². The molecule has 0 saturated heterocycles. The molecular formula is C20H20F4O. The zero-order valence-electron chi connectivity index (χ0n) is 14.3. The Morgan fingerprint density at radius 1 is 0.680 bits per heavy atom. The number of fused-ring (bicyclic) bond motifs is 1. The van der Waals surface area contributed by atoms with Gasteiger partial charge in [0.1, 0.15) is 5.75 Å². The highest BCUT2D eigenvalue weighted by molar-refractivity contribution is 5.82. The summed E-state index contributed by atoms with van der Waals surface area (Å²) >= 11 is 0. The van der Waals surface area contributed by atoms with Crippen molar-refractivity contribution in [3.63, 3.8) is 0 Å². The van der Waals surface area contributed by atoms with Crippen molar-refractivity contribution in [1.29, 1.82) is 0 Å². The second kappa shape index (κ2) is 9.67. The molecule has 0 amide bonds. The molecule has 0 radical (unpaired) electrons. The van der Waals surface area contributed by atoms with Crippen LogP contribution in [0.2, 0.25) is 0 Å². The van der Waals surface area contributed by atoms with Gasteiger partial charge in [0.2, 0.25) is 0 Å². The summed E-state index contributed by atoms with van der Waals surface area (Å²) < 4.78 is 48.1. The molecule has 0 aliphatic rings. The van der Waals surface area contributed by atoms with Crippen molar-refractivity contribution >= 4 is 10.8 Å². The SMILES string of the molecule is CF.Cc1ccc2ccccc2c1.Cc1cccc(OC(F)(F)F)c1. The Morgan fingerprint density at radius 2 is 1.28 bits per heavy atom. The van der Waals surface area contributed by atoms with Gasteiger partial charge < -0.3 is 4.74 Å². The fraction of sp³-hybridized carbons (Fsp3) is 0.200. The number of rotatable bonds is 1. The van der Waals surface area contributed by atoms with Gasteiger partial charge in [0.25, 0.3) is 0 Å². The predicted molar refractivity (Wildman–Crippen MR) is 93.6 cm³/mol. The third kappa shape index (κ3) is 7.70. The second-order valence-electron chi connectivity index (χ2n) is 5.21. The lowest BCUT2D eigenvalue weighted by Crippen LogP contribution is -2.17. The summed E-state index contributed by atoms with van der Waals surface area (Å²) in [6, 6.07) is 20.7. The number of hydrogen-bond acceptors (Lipinski definition) is 1. The van der Waals surface area contributed by atoms with Gasteiger partial charge in [-0.25, -0.2) is 0 Å². The zero-order valence-corrected chi connectivity index (χ0v) is 14.3. The van der Waals surface area contributed by atoms with E-state index in [1.165, 1.54) is 34.5 Å². The van der Waals surface area contributed by atoms with Gasteiger partial charge in [-0.2, -0.15) is 0 Å². The molecule has 3 aromatic carbocycles. The number of aryl methyl sites for hydroxylation is 2. The first-order valence-electron chi connectivity index (χ1n) is 7.49. The second-order valence-corrected chi connectivity index (χ2v) is 5.21. The van der Waals surface area contributed by atoms with E-state index < -0.39 is 6.36 Å². The van der Waals surface area contributed by atoms with Crippen molar-refractivity contribution in [2.24, 2.45) is 0 Å². The van der Waals surface area contributed by atoms with Gasteiger partial charge in [-0.05, 0) is 42.3 Å². The van der Waals surface area contributed by atoms with Crippen LogP contribution >= 0.6 is 0 Å². The summed E-state index contributed by atoms with van der Waals surface area (Å²) in [5.41, 5.74) is 2.06. The summed E-state index contributed by atoms with van der Waals surface area (Å²) in [5.74, 6) is -0.178. The number of benzene rings is 3. The van der Waals surface area contributed by atoms with Crippen LogP contribution in [0.25, 0.3) is 10.8 Å². The van der Waals surface area contributed by atoms with Gasteiger partial charge in [0.15, 0.2) is 0 Å². The fourth-order valence-electron chi connectivity index (χ4n) is 2.12. The molecule has 134 valence electrons. The van der Waals surface area contributed by atoms with Crippen molar-refractivity contribution in [3.8, 4) is 5.75 Å². The minimum absolute atomic E-state index is 0.178. The molecule has 0 unspecified atom stereocenters. The van der Waals surface area contributed by atoms with E-state index in [0.29, 0.717) is 7.18 Å². The molecule has 3 rings (SSSR count). The minimum atomic E-state index is -4.60. The van der Waals surface area contributed by atoms with Crippen molar-refractivity contribution in [2.45, 2.75) is 20.2 Å². The molecule has 0 heterocycles. The maximum absolute atomic E-state index is 11.7. The summed E-state index contributed by atoms with van der Waals surface area (Å²) in [6.45, 7) is 3.82. The van der Waals surface area contributed by atoms with Crippen molar-refractivity contribution in [2.75, 3.05) is 7.18 Å². The lowest BCUT2D eigenvalue weighted by Gasteiger charge is -2.08. The van der Waals surface area contributed by atoms with E-state index in [1.807, 2.05) is 0 Å². The molecule has 0 saturated carbocycles. The van der Waals surface area contributed by atoms with E-state index in [9.17, 15) is 17.6 Å². The van der Waals surface area contributed by atoms with Gasteiger partial charge in [-0.3, -0.25) is 4.39 Å². The highest BCUT2D eigenvalue weighted by atomic mass is 19.4. The molecule has 3 aromatic rings. The number of alkyl halides is 4. The van der Waals surface area contributed by atoms with E-state index in [1.54, 1.807) is 13.0 Å². The van der Waals surface area contributed by atoms with E-state index in [4.69, 9.17) is 0 Å². The van der Waals surface area contributed by atoms with Crippen LogP contribution < -0.4 is 4.74 Å². The molecule has 0 spiro atoms. The molecule has 0 aliphatic carbocycles. The Kier molecular flexibility index (Phi) is 7.92. The van der Waals surface area contributed by atoms with Gasteiger partial charge >= 0.3 is 6.36 Å². The van der Waals surface area contributed by atoms with E-state index in [2.05, 4.69) is 54.1 Å². The van der Waals surface area contributed by atoms with Crippen molar-refractivity contribution in [3.05, 3.63) is 77.9 Å². The molecule has 0 N–H and O–H groups in total. The van der Waals surface area contributed by atoms with Crippen LogP contribution in [0.15, 0.2) is 66.7 Å². The standard InChI is InChI=1S/C11H10.C8H7F3O.CH3F/c1-9-6-7-10-4-2-3-5-11(10)8-9;1-6-3-2-4-7(5-6)12-8(9,10)11;1-2/h2-8H,1H3;2-5H,1H3;1H3. The topological polar surface area (TPSA) is 9.23 Å².